The molecule has 0 aliphatic carbocycles. The number of fused-ring (bicyclic) bond motifs is 1. The highest BCUT2D eigenvalue weighted by atomic mass is 79.9. The summed E-state index contributed by atoms with van der Waals surface area (Å²) in [7, 11) is 0. The minimum Gasteiger partial charge on any atom is -0.342 e. The van der Waals surface area contributed by atoms with Gasteiger partial charge < -0.3 is 4.52 Å². The zero-order valence-corrected chi connectivity index (χ0v) is 9.05. The molecule has 0 bridgehead atoms. The van der Waals surface area contributed by atoms with Gasteiger partial charge in [-0.2, -0.15) is 4.98 Å². The molecule has 0 spiro atoms. The van der Waals surface area contributed by atoms with Crippen molar-refractivity contribution < 1.29 is 4.52 Å². The molecule has 0 aromatic carbocycles. The molecule has 0 N–H and O–H groups in total. The Morgan fingerprint density at radius 3 is 3.00 bits per heavy atom. The van der Waals surface area contributed by atoms with Crippen LogP contribution in [0.15, 0.2) is 39.9 Å². The van der Waals surface area contributed by atoms with Gasteiger partial charge in [0, 0.05) is 10.7 Å². The Hall–Kier alpha value is -1.69. The van der Waals surface area contributed by atoms with E-state index in [9.17, 15) is 0 Å². The number of hydrogen-bond acceptors (Lipinski definition) is 4. The lowest BCUT2D eigenvalue weighted by atomic mass is 10.4. The van der Waals surface area contributed by atoms with E-state index in [4.69, 9.17) is 4.52 Å². The summed E-state index contributed by atoms with van der Waals surface area (Å²) in [4.78, 5) is 8.22. The number of hydrogen-bond donors (Lipinski definition) is 0. The van der Waals surface area contributed by atoms with Gasteiger partial charge in [-0.15, -0.1) is 0 Å². The van der Waals surface area contributed by atoms with E-state index in [1.54, 1.807) is 6.20 Å². The molecule has 3 rings (SSSR count). The van der Waals surface area contributed by atoms with Gasteiger partial charge in [-0.1, -0.05) is 5.16 Å². The topological polar surface area (TPSA) is 56.2 Å². The number of pyridine rings is 1. The second kappa shape index (κ2) is 3.16. The van der Waals surface area contributed by atoms with Crippen molar-refractivity contribution >= 4 is 21.6 Å². The van der Waals surface area contributed by atoms with E-state index in [0.717, 1.165) is 15.8 Å². The Morgan fingerprint density at radius 2 is 2.20 bits per heavy atom. The third-order valence-corrected chi connectivity index (χ3v) is 2.53. The Bertz CT molecular complexity index is 602. The van der Waals surface area contributed by atoms with Crippen LogP contribution in [0.5, 0.6) is 0 Å². The van der Waals surface area contributed by atoms with Crippen molar-refractivity contribution in [2.45, 2.75) is 0 Å². The van der Waals surface area contributed by atoms with Crippen LogP contribution < -0.4 is 0 Å². The molecule has 0 atom stereocenters. The molecule has 3 aromatic rings. The van der Waals surface area contributed by atoms with Crippen LogP contribution in [-0.4, -0.2) is 19.5 Å². The van der Waals surface area contributed by atoms with Crippen LogP contribution in [0, 0.1) is 0 Å². The lowest BCUT2D eigenvalue weighted by molar-refractivity contribution is 0.418. The van der Waals surface area contributed by atoms with Crippen LogP contribution in [0.25, 0.3) is 17.2 Å². The summed E-state index contributed by atoms with van der Waals surface area (Å²) in [5, 5.41) is 3.78. The summed E-state index contributed by atoms with van der Waals surface area (Å²) in [6, 6.07) is 3.84. The molecule has 6 heteroatoms. The van der Waals surface area contributed by atoms with E-state index >= 15 is 0 Å². The Labute approximate surface area is 92.9 Å². The molecule has 0 aliphatic heterocycles. The lowest BCUT2D eigenvalue weighted by Gasteiger charge is -1.97. The van der Waals surface area contributed by atoms with E-state index in [2.05, 4.69) is 31.1 Å². The third kappa shape index (κ3) is 1.33. The first-order chi connectivity index (χ1) is 7.34. The summed E-state index contributed by atoms with van der Waals surface area (Å²) in [5.74, 6) is 0.528. The SMILES string of the molecule is Brc1ccc2ncc(-c3ncon3)n2c1. The molecule has 0 radical (unpaired) electrons. The summed E-state index contributed by atoms with van der Waals surface area (Å²) < 4.78 is 7.57. The highest BCUT2D eigenvalue weighted by Crippen LogP contribution is 2.19. The molecule has 0 fully saturated rings. The molecule has 74 valence electrons. The van der Waals surface area contributed by atoms with Crippen LogP contribution in [0.1, 0.15) is 0 Å². The van der Waals surface area contributed by atoms with Crippen LogP contribution in [0.4, 0.5) is 0 Å². The summed E-state index contributed by atoms with van der Waals surface area (Å²) >= 11 is 3.40. The van der Waals surface area contributed by atoms with Gasteiger partial charge in [0.15, 0.2) is 0 Å². The van der Waals surface area contributed by atoms with Gasteiger partial charge in [-0.25, -0.2) is 4.98 Å². The minimum atomic E-state index is 0.528. The molecule has 0 saturated carbocycles. The van der Waals surface area contributed by atoms with Crippen molar-refractivity contribution in [3.8, 4) is 11.5 Å². The largest absolute Gasteiger partial charge is 0.342 e. The second-order valence-electron chi connectivity index (χ2n) is 2.97. The van der Waals surface area contributed by atoms with Crippen molar-refractivity contribution in [3.63, 3.8) is 0 Å². The van der Waals surface area contributed by atoms with Crippen molar-refractivity contribution in [2.24, 2.45) is 0 Å². The fraction of sp³-hybridized carbons (Fsp3) is 0. The first kappa shape index (κ1) is 8.60. The van der Waals surface area contributed by atoms with Crippen LogP contribution in [0.2, 0.25) is 0 Å². The van der Waals surface area contributed by atoms with Crippen molar-refractivity contribution in [1.29, 1.82) is 0 Å². The smallest absolute Gasteiger partial charge is 0.220 e. The monoisotopic (exact) mass is 264 g/mol. The van der Waals surface area contributed by atoms with Crippen molar-refractivity contribution in [3.05, 3.63) is 35.4 Å². The number of halogens is 1. The molecule has 0 saturated heterocycles. The van der Waals surface area contributed by atoms with E-state index in [1.807, 2.05) is 22.7 Å². The standard InChI is InChI=1S/C9H5BrN4O/c10-6-1-2-8-11-3-7(14(8)4-6)9-12-5-15-13-9/h1-5H. The molecule has 0 amide bonds. The summed E-state index contributed by atoms with van der Waals surface area (Å²) in [6.45, 7) is 0. The van der Waals surface area contributed by atoms with Gasteiger partial charge in [0.05, 0.1) is 6.20 Å². The molecule has 3 heterocycles. The van der Waals surface area contributed by atoms with Crippen molar-refractivity contribution in [1.82, 2.24) is 19.5 Å². The maximum absolute atomic E-state index is 4.70. The predicted molar refractivity (Wildman–Crippen MR) is 56.2 cm³/mol. The molecular formula is C9H5BrN4O. The lowest BCUT2D eigenvalue weighted by Crippen LogP contribution is -1.89. The minimum absolute atomic E-state index is 0.528. The number of rotatable bonds is 1. The molecule has 0 unspecified atom stereocenters. The van der Waals surface area contributed by atoms with Gasteiger partial charge in [0.1, 0.15) is 11.3 Å². The van der Waals surface area contributed by atoms with E-state index in [1.165, 1.54) is 6.39 Å². The maximum Gasteiger partial charge on any atom is 0.220 e. The Balaban J connectivity index is 2.32. The Morgan fingerprint density at radius 1 is 1.27 bits per heavy atom. The van der Waals surface area contributed by atoms with Gasteiger partial charge in [-0.3, -0.25) is 4.40 Å². The van der Waals surface area contributed by atoms with Gasteiger partial charge >= 0.3 is 0 Å². The second-order valence-corrected chi connectivity index (χ2v) is 3.89. The van der Waals surface area contributed by atoms with Crippen LogP contribution >= 0.6 is 15.9 Å². The molecule has 15 heavy (non-hydrogen) atoms. The molecular weight excluding hydrogens is 260 g/mol. The number of aromatic nitrogens is 4. The predicted octanol–water partition coefficient (Wildman–Crippen LogP) is 2.15. The summed E-state index contributed by atoms with van der Waals surface area (Å²) in [6.07, 6.45) is 4.92. The van der Waals surface area contributed by atoms with Crippen LogP contribution in [-0.2, 0) is 0 Å². The maximum atomic E-state index is 4.70. The van der Waals surface area contributed by atoms with Gasteiger partial charge in [-0.05, 0) is 28.1 Å². The zero-order chi connectivity index (χ0) is 10.3. The van der Waals surface area contributed by atoms with E-state index < -0.39 is 0 Å². The molecule has 3 aromatic heterocycles. The zero-order valence-electron chi connectivity index (χ0n) is 7.46. The first-order valence-corrected chi connectivity index (χ1v) is 5.03. The summed E-state index contributed by atoms with van der Waals surface area (Å²) in [5.41, 5.74) is 1.65. The molecule has 5 nitrogen and oxygen atoms in total. The first-order valence-electron chi connectivity index (χ1n) is 4.24. The fourth-order valence-electron chi connectivity index (χ4n) is 1.40. The number of nitrogens with zero attached hydrogens (tertiary/aromatic N) is 4. The van der Waals surface area contributed by atoms with E-state index in [-0.39, 0.29) is 0 Å². The molecule has 0 aliphatic rings. The Kier molecular flexibility index (Phi) is 1.81. The quantitative estimate of drug-likeness (QED) is 0.676. The van der Waals surface area contributed by atoms with Gasteiger partial charge in [0.2, 0.25) is 12.2 Å². The highest BCUT2D eigenvalue weighted by Gasteiger charge is 2.09. The fourth-order valence-corrected chi connectivity index (χ4v) is 1.74. The van der Waals surface area contributed by atoms with Gasteiger partial charge in [0.25, 0.3) is 0 Å². The highest BCUT2D eigenvalue weighted by molar-refractivity contribution is 9.10. The average molecular weight is 265 g/mol. The number of imidazole rings is 1. The average Bonchev–Trinajstić information content (AvgIpc) is 2.83. The van der Waals surface area contributed by atoms with Crippen molar-refractivity contribution in [2.75, 3.05) is 0 Å². The van der Waals surface area contributed by atoms with Crippen LogP contribution in [0.3, 0.4) is 0 Å². The van der Waals surface area contributed by atoms with E-state index in [0.29, 0.717) is 5.82 Å². The third-order valence-electron chi connectivity index (χ3n) is 2.06. The normalized spacial score (nSPS) is 11.0.